The van der Waals surface area contributed by atoms with Gasteiger partial charge in [-0.05, 0) is 48.9 Å². The number of rotatable bonds is 2. The van der Waals surface area contributed by atoms with E-state index in [0.29, 0.717) is 11.3 Å². The summed E-state index contributed by atoms with van der Waals surface area (Å²) in [5, 5.41) is 2.97. The summed E-state index contributed by atoms with van der Waals surface area (Å²) in [5.41, 5.74) is 10.2. The molecule has 0 saturated carbocycles. The van der Waals surface area contributed by atoms with Crippen LogP contribution in [0.4, 0.5) is 11.4 Å². The second-order valence-corrected chi connectivity index (χ2v) is 5.07. The second-order valence-electron chi connectivity index (χ2n) is 5.07. The van der Waals surface area contributed by atoms with E-state index in [9.17, 15) is 4.79 Å². The SMILES string of the molecule is Cl.Nc1ccncc1C(=O)Nc1cccc2c1CCCC2. The highest BCUT2D eigenvalue weighted by molar-refractivity contribution is 6.07. The third-order valence-electron chi connectivity index (χ3n) is 3.74. The van der Waals surface area contributed by atoms with E-state index in [1.165, 1.54) is 30.2 Å². The van der Waals surface area contributed by atoms with Crippen LogP contribution in [0.5, 0.6) is 0 Å². The second kappa shape index (κ2) is 6.59. The van der Waals surface area contributed by atoms with Crippen LogP contribution in [0.25, 0.3) is 0 Å². The number of halogens is 1. The molecule has 5 heteroatoms. The van der Waals surface area contributed by atoms with Gasteiger partial charge in [-0.25, -0.2) is 0 Å². The van der Waals surface area contributed by atoms with Crippen molar-refractivity contribution in [3.05, 3.63) is 53.3 Å². The van der Waals surface area contributed by atoms with Crippen LogP contribution >= 0.6 is 12.4 Å². The van der Waals surface area contributed by atoms with Crippen LogP contribution in [0.1, 0.15) is 34.3 Å². The smallest absolute Gasteiger partial charge is 0.259 e. The summed E-state index contributed by atoms with van der Waals surface area (Å²) in [4.78, 5) is 16.2. The van der Waals surface area contributed by atoms with Crippen LogP contribution in [-0.4, -0.2) is 10.9 Å². The normalized spacial score (nSPS) is 13.0. The first-order chi connectivity index (χ1) is 9.75. The van der Waals surface area contributed by atoms with E-state index in [2.05, 4.69) is 16.4 Å². The molecule has 3 N–H and O–H groups in total. The van der Waals surface area contributed by atoms with E-state index in [-0.39, 0.29) is 18.3 Å². The van der Waals surface area contributed by atoms with Crippen molar-refractivity contribution in [3.63, 3.8) is 0 Å². The molecule has 1 aromatic carbocycles. The van der Waals surface area contributed by atoms with E-state index < -0.39 is 0 Å². The number of nitrogens with two attached hydrogens (primary N) is 1. The van der Waals surface area contributed by atoms with Crippen molar-refractivity contribution in [2.75, 3.05) is 11.1 Å². The molecule has 0 saturated heterocycles. The summed E-state index contributed by atoms with van der Waals surface area (Å²) < 4.78 is 0. The molecule has 1 aliphatic rings. The van der Waals surface area contributed by atoms with Crippen molar-refractivity contribution >= 4 is 29.7 Å². The molecule has 1 amide bonds. The Balaban J connectivity index is 0.00000161. The van der Waals surface area contributed by atoms with Gasteiger partial charge in [0.2, 0.25) is 0 Å². The maximum atomic E-state index is 12.3. The zero-order chi connectivity index (χ0) is 13.9. The topological polar surface area (TPSA) is 68.0 Å². The molecule has 3 rings (SSSR count). The number of aryl methyl sites for hydroxylation is 1. The number of fused-ring (bicyclic) bond motifs is 1. The standard InChI is InChI=1S/C16H17N3O.ClH/c17-14-8-9-18-10-13(14)16(20)19-15-7-3-5-11-4-1-2-6-12(11)15;/h3,5,7-10H,1-2,4,6H2,(H2,17,18)(H,19,20);1H. The third kappa shape index (κ3) is 3.16. The number of anilines is 2. The molecule has 2 aromatic rings. The highest BCUT2D eigenvalue weighted by atomic mass is 35.5. The molecule has 0 atom stereocenters. The Labute approximate surface area is 130 Å². The Kier molecular flexibility index (Phi) is 4.81. The molecule has 0 fully saturated rings. The van der Waals surface area contributed by atoms with Crippen LogP contribution in [-0.2, 0) is 12.8 Å². The van der Waals surface area contributed by atoms with Crippen molar-refractivity contribution in [3.8, 4) is 0 Å². The molecule has 1 aliphatic carbocycles. The zero-order valence-electron chi connectivity index (χ0n) is 11.6. The minimum Gasteiger partial charge on any atom is -0.398 e. The predicted octanol–water partition coefficient (Wildman–Crippen LogP) is 3.22. The maximum absolute atomic E-state index is 12.3. The lowest BCUT2D eigenvalue weighted by Gasteiger charge is -2.19. The summed E-state index contributed by atoms with van der Waals surface area (Å²) >= 11 is 0. The van der Waals surface area contributed by atoms with Gasteiger partial charge < -0.3 is 11.1 Å². The van der Waals surface area contributed by atoms with Crippen molar-refractivity contribution in [1.82, 2.24) is 4.98 Å². The van der Waals surface area contributed by atoms with E-state index in [4.69, 9.17) is 5.73 Å². The molecule has 0 spiro atoms. The molecule has 0 bridgehead atoms. The number of nitrogens with zero attached hydrogens (tertiary/aromatic N) is 1. The number of nitrogen functional groups attached to an aromatic ring is 1. The van der Waals surface area contributed by atoms with Crippen LogP contribution in [0.3, 0.4) is 0 Å². The fraction of sp³-hybridized carbons (Fsp3) is 0.250. The number of hydrogen-bond acceptors (Lipinski definition) is 3. The summed E-state index contributed by atoms with van der Waals surface area (Å²) in [6.45, 7) is 0. The number of nitrogens with one attached hydrogen (secondary N) is 1. The predicted molar refractivity (Wildman–Crippen MR) is 86.9 cm³/mol. The molecule has 110 valence electrons. The number of carbonyl (C=O) groups is 1. The van der Waals surface area contributed by atoms with Gasteiger partial charge in [-0.2, -0.15) is 0 Å². The van der Waals surface area contributed by atoms with Gasteiger partial charge in [0.15, 0.2) is 0 Å². The largest absolute Gasteiger partial charge is 0.398 e. The summed E-state index contributed by atoms with van der Waals surface area (Å²) in [7, 11) is 0. The number of aromatic nitrogens is 1. The lowest BCUT2D eigenvalue weighted by Crippen LogP contribution is -2.17. The number of pyridine rings is 1. The van der Waals surface area contributed by atoms with E-state index in [1.807, 2.05) is 12.1 Å². The van der Waals surface area contributed by atoms with Crippen molar-refractivity contribution in [2.45, 2.75) is 25.7 Å². The Bertz CT molecular complexity index is 658. The Morgan fingerprint density at radius 1 is 1.19 bits per heavy atom. The van der Waals surface area contributed by atoms with Gasteiger partial charge in [0.05, 0.1) is 5.56 Å². The summed E-state index contributed by atoms with van der Waals surface area (Å²) in [6, 6.07) is 7.72. The molecule has 0 unspecified atom stereocenters. The van der Waals surface area contributed by atoms with Crippen molar-refractivity contribution in [1.29, 1.82) is 0 Å². The fourth-order valence-corrected chi connectivity index (χ4v) is 2.68. The summed E-state index contributed by atoms with van der Waals surface area (Å²) in [5.74, 6) is -0.199. The molecule has 1 aromatic heterocycles. The first-order valence-corrected chi connectivity index (χ1v) is 6.87. The fourth-order valence-electron chi connectivity index (χ4n) is 2.68. The van der Waals surface area contributed by atoms with Crippen LogP contribution in [0.15, 0.2) is 36.7 Å². The molecule has 21 heavy (non-hydrogen) atoms. The Hall–Kier alpha value is -2.07. The van der Waals surface area contributed by atoms with E-state index in [1.54, 1.807) is 12.3 Å². The van der Waals surface area contributed by atoms with Gasteiger partial charge in [0.25, 0.3) is 5.91 Å². The first kappa shape index (κ1) is 15.3. The number of carbonyl (C=O) groups excluding carboxylic acids is 1. The van der Waals surface area contributed by atoms with Gasteiger partial charge in [0, 0.05) is 23.8 Å². The number of hydrogen-bond donors (Lipinski definition) is 2. The number of benzene rings is 1. The van der Waals surface area contributed by atoms with Gasteiger partial charge in [-0.3, -0.25) is 9.78 Å². The molecular formula is C16H18ClN3O. The molecule has 4 nitrogen and oxygen atoms in total. The van der Waals surface area contributed by atoms with E-state index in [0.717, 1.165) is 18.5 Å². The highest BCUT2D eigenvalue weighted by Crippen LogP contribution is 2.28. The van der Waals surface area contributed by atoms with Crippen LogP contribution in [0, 0.1) is 0 Å². The highest BCUT2D eigenvalue weighted by Gasteiger charge is 2.16. The molecule has 1 heterocycles. The van der Waals surface area contributed by atoms with Crippen molar-refractivity contribution in [2.24, 2.45) is 0 Å². The minimum atomic E-state index is -0.199. The zero-order valence-corrected chi connectivity index (χ0v) is 12.5. The lowest BCUT2D eigenvalue weighted by atomic mass is 9.90. The summed E-state index contributed by atoms with van der Waals surface area (Å²) in [6.07, 6.45) is 7.59. The third-order valence-corrected chi connectivity index (χ3v) is 3.74. The number of amides is 1. The Morgan fingerprint density at radius 3 is 2.81 bits per heavy atom. The molecule has 0 radical (unpaired) electrons. The van der Waals surface area contributed by atoms with Crippen molar-refractivity contribution < 1.29 is 4.79 Å². The van der Waals surface area contributed by atoms with Gasteiger partial charge >= 0.3 is 0 Å². The Morgan fingerprint density at radius 2 is 2.00 bits per heavy atom. The molecule has 0 aliphatic heterocycles. The van der Waals surface area contributed by atoms with Gasteiger partial charge in [-0.15, -0.1) is 12.4 Å². The van der Waals surface area contributed by atoms with E-state index >= 15 is 0 Å². The van der Waals surface area contributed by atoms with Gasteiger partial charge in [-0.1, -0.05) is 12.1 Å². The van der Waals surface area contributed by atoms with Crippen LogP contribution in [0.2, 0.25) is 0 Å². The quantitative estimate of drug-likeness (QED) is 0.895. The molecular weight excluding hydrogens is 286 g/mol. The monoisotopic (exact) mass is 303 g/mol. The van der Waals surface area contributed by atoms with Gasteiger partial charge in [0.1, 0.15) is 0 Å². The van der Waals surface area contributed by atoms with Crippen LogP contribution < -0.4 is 11.1 Å². The average Bonchev–Trinajstić information content (AvgIpc) is 2.48. The maximum Gasteiger partial charge on any atom is 0.259 e. The lowest BCUT2D eigenvalue weighted by molar-refractivity contribution is 0.102. The first-order valence-electron chi connectivity index (χ1n) is 6.87. The minimum absolute atomic E-state index is 0. The average molecular weight is 304 g/mol.